The zero-order valence-electron chi connectivity index (χ0n) is 34.6. The Balaban J connectivity index is 1.00. The van der Waals surface area contributed by atoms with Crippen molar-refractivity contribution >= 4 is 57.1 Å². The molecule has 1 aliphatic heterocycles. The van der Waals surface area contributed by atoms with Crippen LogP contribution in [0.2, 0.25) is 0 Å². The highest BCUT2D eigenvalue weighted by Gasteiger charge is 2.18. The number of hydrogen-bond donors (Lipinski definition) is 0. The Morgan fingerprint density at radius 1 is 0.556 bits per heavy atom. The summed E-state index contributed by atoms with van der Waals surface area (Å²) in [6.45, 7) is 8.61. The quantitative estimate of drug-likeness (QED) is 0.113. The third-order valence-corrected chi connectivity index (χ3v) is 11.3. The van der Waals surface area contributed by atoms with Gasteiger partial charge in [-0.3, -0.25) is 9.98 Å². The number of anilines is 2. The topological polar surface area (TPSA) is 58.1 Å². The lowest BCUT2D eigenvalue weighted by Crippen LogP contribution is -2.11. The predicted octanol–water partition coefficient (Wildman–Crippen LogP) is 13.8. The maximum absolute atomic E-state index is 5.02. The van der Waals surface area contributed by atoms with Gasteiger partial charge in [0.25, 0.3) is 0 Å². The van der Waals surface area contributed by atoms with Crippen LogP contribution in [0.5, 0.6) is 0 Å². The molecule has 0 saturated heterocycles. The first-order chi connectivity index (χ1) is 31.1. The van der Waals surface area contributed by atoms with Crippen LogP contribution < -0.4 is 4.90 Å². The first kappa shape index (κ1) is 38.7. The molecule has 0 atom stereocenters. The van der Waals surface area contributed by atoms with Gasteiger partial charge < -0.3 is 9.47 Å². The van der Waals surface area contributed by atoms with E-state index in [-0.39, 0.29) is 0 Å². The van der Waals surface area contributed by atoms with Crippen molar-refractivity contribution in [1.29, 1.82) is 0 Å². The molecule has 300 valence electrons. The van der Waals surface area contributed by atoms with Crippen LogP contribution in [-0.2, 0) is 6.54 Å². The van der Waals surface area contributed by atoms with Gasteiger partial charge in [0.15, 0.2) is 11.7 Å². The van der Waals surface area contributed by atoms with Crippen molar-refractivity contribution in [1.82, 2.24) is 9.55 Å². The van der Waals surface area contributed by atoms with Crippen LogP contribution in [0, 0.1) is 0 Å². The maximum atomic E-state index is 5.02. The van der Waals surface area contributed by atoms with Crippen LogP contribution in [0.3, 0.4) is 0 Å². The number of aliphatic imine (C=N–C) groups is 3. The summed E-state index contributed by atoms with van der Waals surface area (Å²) in [5.41, 5.74) is 14.5. The number of amidine groups is 2. The van der Waals surface area contributed by atoms with Gasteiger partial charge in [-0.25, -0.2) is 9.98 Å². The van der Waals surface area contributed by atoms with Gasteiger partial charge in [0.2, 0.25) is 0 Å². The van der Waals surface area contributed by atoms with Crippen LogP contribution in [0.4, 0.5) is 11.4 Å². The van der Waals surface area contributed by atoms with Crippen molar-refractivity contribution in [2.45, 2.75) is 6.54 Å². The van der Waals surface area contributed by atoms with Gasteiger partial charge in [-0.2, -0.15) is 0 Å². The predicted molar refractivity (Wildman–Crippen MR) is 265 cm³/mol. The first-order valence-corrected chi connectivity index (χ1v) is 20.9. The Bertz CT molecular complexity index is 3280. The first-order valence-electron chi connectivity index (χ1n) is 20.9. The summed E-state index contributed by atoms with van der Waals surface area (Å²) in [6.07, 6.45) is 10.1. The van der Waals surface area contributed by atoms with E-state index in [0.717, 1.165) is 83.7 Å². The van der Waals surface area contributed by atoms with Gasteiger partial charge in [0, 0.05) is 56.8 Å². The van der Waals surface area contributed by atoms with E-state index in [4.69, 9.17) is 15.0 Å². The van der Waals surface area contributed by atoms with E-state index in [1.165, 1.54) is 5.39 Å². The molecule has 6 nitrogen and oxygen atoms in total. The van der Waals surface area contributed by atoms with E-state index in [1.54, 1.807) is 0 Å². The second kappa shape index (κ2) is 17.2. The molecule has 3 heterocycles. The molecule has 0 aliphatic carbocycles. The van der Waals surface area contributed by atoms with Gasteiger partial charge in [-0.1, -0.05) is 146 Å². The van der Waals surface area contributed by atoms with E-state index >= 15 is 0 Å². The van der Waals surface area contributed by atoms with Crippen LogP contribution in [0.25, 0.3) is 55.5 Å². The van der Waals surface area contributed by atoms with E-state index in [1.807, 2.05) is 85.1 Å². The fourth-order valence-electron chi connectivity index (χ4n) is 8.26. The lowest BCUT2D eigenvalue weighted by atomic mass is 9.96. The minimum Gasteiger partial charge on any atom is -0.317 e. The third kappa shape index (κ3) is 7.85. The van der Waals surface area contributed by atoms with Gasteiger partial charge in [-0.05, 0) is 95.7 Å². The highest BCUT2D eigenvalue weighted by Crippen LogP contribution is 2.39. The van der Waals surface area contributed by atoms with E-state index < -0.39 is 0 Å². The molecule has 0 fully saturated rings. The SMILES string of the molecule is C=N/C(=N\C(=N/Cc1ccnc(-c2ccc3c(c2)c2ccccc2n3-c2cccc(-c3ccc4c(c3)N(c3ccccc3)/C=C\C=C/C4=C)c2)c1)c1ccccc1)c1ccccc1. The van der Waals surface area contributed by atoms with Crippen LogP contribution in [-0.4, -0.2) is 27.9 Å². The summed E-state index contributed by atoms with van der Waals surface area (Å²) >= 11 is 0. The Hall–Kier alpha value is -8.48. The molecule has 9 aromatic rings. The maximum Gasteiger partial charge on any atom is 0.161 e. The summed E-state index contributed by atoms with van der Waals surface area (Å²) in [5.74, 6) is 1.11. The minimum atomic E-state index is 0.414. The number of pyridine rings is 1. The standard InChI is InChI=1S/C57H42N6/c1-40-17-14-15-34-62(47-23-10-5-11-24-47)55-38-45(28-30-49(40)55)44-22-16-25-48(36-44)63-53-27-13-12-26-50(53)51-37-46(29-31-54(51)63)52-35-41(32-33-59-52)39-60-57(43-20-8-4-9-21-43)61-56(58-2)42-18-6-3-7-19-42/h3-38H,1-2,39H2/b17-14-,34-15-,60-57-,61-56-. The molecule has 10 rings (SSSR count). The van der Waals surface area contributed by atoms with Crippen molar-refractivity contribution in [3.8, 4) is 28.1 Å². The summed E-state index contributed by atoms with van der Waals surface area (Å²) in [4.78, 5) is 21.2. The fourth-order valence-corrected chi connectivity index (χ4v) is 8.26. The molecule has 0 bridgehead atoms. The van der Waals surface area contributed by atoms with E-state index in [0.29, 0.717) is 18.2 Å². The molecule has 0 N–H and O–H groups in total. The number of nitrogens with zero attached hydrogens (tertiary/aromatic N) is 6. The van der Waals surface area contributed by atoms with Gasteiger partial charge in [-0.15, -0.1) is 0 Å². The molecule has 0 amide bonds. The van der Waals surface area contributed by atoms with Gasteiger partial charge in [0.1, 0.15) is 0 Å². The monoisotopic (exact) mass is 810 g/mol. The molecular formula is C57H42N6. The van der Waals surface area contributed by atoms with Crippen molar-refractivity contribution in [2.24, 2.45) is 15.0 Å². The van der Waals surface area contributed by atoms with Crippen LogP contribution in [0.1, 0.15) is 22.3 Å². The Morgan fingerprint density at radius 2 is 1.24 bits per heavy atom. The summed E-state index contributed by atoms with van der Waals surface area (Å²) < 4.78 is 2.36. The number of rotatable bonds is 8. The molecule has 2 aromatic heterocycles. The van der Waals surface area contributed by atoms with Crippen molar-refractivity contribution < 1.29 is 0 Å². The average Bonchev–Trinajstić information content (AvgIpc) is 3.68. The minimum absolute atomic E-state index is 0.414. The molecule has 0 spiro atoms. The number of hydrogen-bond acceptors (Lipinski definition) is 3. The lowest BCUT2D eigenvalue weighted by Gasteiger charge is -2.26. The smallest absolute Gasteiger partial charge is 0.161 e. The Kier molecular flexibility index (Phi) is 10.6. The molecule has 0 saturated carbocycles. The van der Waals surface area contributed by atoms with Crippen molar-refractivity contribution in [3.05, 3.63) is 248 Å². The fraction of sp³-hybridized carbons (Fsp3) is 0.0175. The second-order valence-electron chi connectivity index (χ2n) is 15.3. The molecule has 6 heteroatoms. The van der Waals surface area contributed by atoms with Crippen molar-refractivity contribution in [3.63, 3.8) is 0 Å². The molecule has 1 aliphatic rings. The highest BCUT2D eigenvalue weighted by molar-refractivity contribution is 6.13. The lowest BCUT2D eigenvalue weighted by molar-refractivity contribution is 1.05. The highest BCUT2D eigenvalue weighted by atomic mass is 15.1. The summed E-state index contributed by atoms with van der Waals surface area (Å²) in [6, 6.07) is 65.2. The summed E-state index contributed by atoms with van der Waals surface area (Å²) in [5, 5.41) is 2.33. The molecular weight excluding hydrogens is 769 g/mol. The Morgan fingerprint density at radius 3 is 2.03 bits per heavy atom. The molecule has 63 heavy (non-hydrogen) atoms. The summed E-state index contributed by atoms with van der Waals surface area (Å²) in [7, 11) is 0. The van der Waals surface area contributed by atoms with E-state index in [9.17, 15) is 0 Å². The molecule has 0 unspecified atom stereocenters. The zero-order chi connectivity index (χ0) is 42.5. The second-order valence-corrected chi connectivity index (χ2v) is 15.3. The number of para-hydroxylation sites is 2. The Labute approximate surface area is 367 Å². The number of aromatic nitrogens is 2. The number of fused-ring (bicyclic) bond motifs is 4. The van der Waals surface area contributed by atoms with Gasteiger partial charge >= 0.3 is 0 Å². The average molecular weight is 811 g/mol. The number of allylic oxidation sites excluding steroid dienone is 4. The zero-order valence-corrected chi connectivity index (χ0v) is 34.6. The molecule has 0 radical (unpaired) electrons. The van der Waals surface area contributed by atoms with Crippen LogP contribution >= 0.6 is 0 Å². The third-order valence-electron chi connectivity index (χ3n) is 11.3. The van der Waals surface area contributed by atoms with Crippen molar-refractivity contribution in [2.75, 3.05) is 4.90 Å². The van der Waals surface area contributed by atoms with Crippen LogP contribution in [0.15, 0.2) is 240 Å². The van der Waals surface area contributed by atoms with Gasteiger partial charge in [0.05, 0.1) is 29.0 Å². The van der Waals surface area contributed by atoms with E-state index in [2.05, 4.69) is 161 Å². The normalized spacial score (nSPS) is 14.0. The largest absolute Gasteiger partial charge is 0.317 e. The molecule has 7 aromatic carbocycles. The number of benzene rings is 7.